The van der Waals surface area contributed by atoms with Gasteiger partial charge in [-0.1, -0.05) is 23.2 Å². The molecule has 25 heavy (non-hydrogen) atoms. The van der Waals surface area contributed by atoms with Gasteiger partial charge in [-0.2, -0.15) is 0 Å². The standard InChI is InChI=1S/C7H7BBrClO3.C6H5BBrClO3/c1-13-7-2-4(8(11)12)6(10)3-5(7)9;8-4-2-5(9)3(7(11)12)1-6(4)10/h2-3,11-12H,1H3;1-2,10-12H. The smallest absolute Gasteiger partial charge is 0.490 e. The van der Waals surface area contributed by atoms with E-state index in [1.54, 1.807) is 6.07 Å². The van der Waals surface area contributed by atoms with E-state index in [0.717, 1.165) is 0 Å². The van der Waals surface area contributed by atoms with E-state index in [4.69, 9.17) is 53.1 Å². The summed E-state index contributed by atoms with van der Waals surface area (Å²) in [7, 11) is -1.77. The molecule has 6 nitrogen and oxygen atoms in total. The summed E-state index contributed by atoms with van der Waals surface area (Å²) in [6, 6.07) is 5.61. The van der Waals surface area contributed by atoms with Crippen molar-refractivity contribution < 1.29 is 29.9 Å². The molecule has 0 spiro atoms. The highest BCUT2D eigenvalue weighted by Crippen LogP contribution is 2.26. The summed E-state index contributed by atoms with van der Waals surface area (Å²) in [6.45, 7) is 0. The highest BCUT2D eigenvalue weighted by Gasteiger charge is 2.18. The van der Waals surface area contributed by atoms with Crippen LogP contribution in [0.5, 0.6) is 11.5 Å². The molecular weight excluding hydrogens is 504 g/mol. The Morgan fingerprint density at radius 2 is 1.28 bits per heavy atom. The van der Waals surface area contributed by atoms with Crippen molar-refractivity contribution >= 4 is 80.2 Å². The third kappa shape index (κ3) is 6.33. The topological polar surface area (TPSA) is 110 Å². The van der Waals surface area contributed by atoms with E-state index in [9.17, 15) is 0 Å². The van der Waals surface area contributed by atoms with Crippen molar-refractivity contribution in [1.29, 1.82) is 0 Å². The molecule has 2 aromatic carbocycles. The van der Waals surface area contributed by atoms with E-state index < -0.39 is 14.2 Å². The SMILES string of the molecule is COc1cc(B(O)O)c(Cl)cc1Br.OB(O)c1cc(O)c(Br)cc1Cl. The lowest BCUT2D eigenvalue weighted by Gasteiger charge is -2.07. The summed E-state index contributed by atoms with van der Waals surface area (Å²) in [6.07, 6.45) is 0. The third-order valence-corrected chi connectivity index (χ3v) is 4.80. The van der Waals surface area contributed by atoms with Crippen LogP contribution in [0.2, 0.25) is 10.0 Å². The van der Waals surface area contributed by atoms with Gasteiger partial charge in [0.05, 0.1) is 16.1 Å². The number of methoxy groups -OCH3 is 1. The fourth-order valence-electron chi connectivity index (χ4n) is 1.65. The summed E-state index contributed by atoms with van der Waals surface area (Å²) >= 11 is 17.6. The molecule has 5 N–H and O–H groups in total. The van der Waals surface area contributed by atoms with Crippen LogP contribution in [0.3, 0.4) is 0 Å². The molecule has 0 heterocycles. The summed E-state index contributed by atoms with van der Waals surface area (Å²) in [4.78, 5) is 0. The highest BCUT2D eigenvalue weighted by molar-refractivity contribution is 9.10. The first-order valence-corrected chi connectivity index (χ1v) is 8.85. The fraction of sp³-hybridized carbons (Fsp3) is 0.0769. The van der Waals surface area contributed by atoms with Crippen LogP contribution in [0.15, 0.2) is 33.2 Å². The molecule has 2 aromatic rings. The van der Waals surface area contributed by atoms with Crippen molar-refractivity contribution in [2.24, 2.45) is 0 Å². The number of ether oxygens (including phenoxy) is 1. The maximum atomic E-state index is 9.15. The first-order chi connectivity index (χ1) is 11.6. The second-order valence-electron chi connectivity index (χ2n) is 4.58. The Morgan fingerprint density at radius 1 is 0.840 bits per heavy atom. The Morgan fingerprint density at radius 3 is 1.72 bits per heavy atom. The molecule has 0 bridgehead atoms. The van der Waals surface area contributed by atoms with Gasteiger partial charge in [-0.15, -0.1) is 0 Å². The molecule has 0 fully saturated rings. The van der Waals surface area contributed by atoms with E-state index in [0.29, 0.717) is 14.7 Å². The largest absolute Gasteiger partial charge is 0.507 e. The molecule has 0 aliphatic carbocycles. The maximum absolute atomic E-state index is 9.15. The van der Waals surface area contributed by atoms with Crippen LogP contribution in [-0.4, -0.2) is 46.5 Å². The van der Waals surface area contributed by atoms with Gasteiger partial charge in [0.1, 0.15) is 11.5 Å². The van der Waals surface area contributed by atoms with Gasteiger partial charge >= 0.3 is 14.2 Å². The summed E-state index contributed by atoms with van der Waals surface area (Å²) in [5.74, 6) is 0.426. The van der Waals surface area contributed by atoms with Crippen LogP contribution >= 0.6 is 55.1 Å². The molecule has 0 radical (unpaired) electrons. The zero-order valence-corrected chi connectivity index (χ0v) is 17.3. The Bertz CT molecular complexity index is 749. The number of aromatic hydroxyl groups is 1. The van der Waals surface area contributed by atoms with Crippen molar-refractivity contribution in [3.05, 3.63) is 43.3 Å². The monoisotopic (exact) mass is 514 g/mol. The van der Waals surface area contributed by atoms with Gasteiger partial charge < -0.3 is 29.9 Å². The van der Waals surface area contributed by atoms with Gasteiger partial charge in [-0.25, -0.2) is 0 Å². The Kier molecular flexibility index (Phi) is 9.07. The van der Waals surface area contributed by atoms with Crippen LogP contribution < -0.4 is 15.7 Å². The molecule has 134 valence electrons. The minimum atomic E-state index is -1.67. The van der Waals surface area contributed by atoms with Crippen LogP contribution in [0, 0.1) is 0 Å². The molecular formula is C13H12B2Br2Cl2O6. The molecule has 0 aromatic heterocycles. The number of phenols is 1. The summed E-state index contributed by atoms with van der Waals surface area (Å²) in [5.41, 5.74) is 0.305. The average molecular weight is 517 g/mol. The summed E-state index contributed by atoms with van der Waals surface area (Å²) in [5, 5.41) is 45.0. The first kappa shape index (κ1) is 22.6. The van der Waals surface area contributed by atoms with Gasteiger partial charge in [0.15, 0.2) is 0 Å². The normalized spacial score (nSPS) is 9.96. The molecule has 0 aliphatic heterocycles. The molecule has 0 atom stereocenters. The molecule has 0 unspecified atom stereocenters. The first-order valence-electron chi connectivity index (χ1n) is 6.51. The number of hydrogen-bond acceptors (Lipinski definition) is 6. The number of halogens is 4. The van der Waals surface area contributed by atoms with Crippen LogP contribution in [-0.2, 0) is 0 Å². The Hall–Kier alpha value is -0.450. The fourth-order valence-corrected chi connectivity index (χ4v) is 3.29. The molecule has 12 heteroatoms. The molecule has 0 amide bonds. The van der Waals surface area contributed by atoms with Gasteiger partial charge in [0.2, 0.25) is 0 Å². The average Bonchev–Trinajstić information content (AvgIpc) is 2.51. The number of rotatable bonds is 3. The highest BCUT2D eigenvalue weighted by atomic mass is 79.9. The number of benzene rings is 2. The lowest BCUT2D eigenvalue weighted by atomic mass is 9.80. The number of phenolic OH excluding ortho intramolecular Hbond substituents is 1. The van der Waals surface area contributed by atoms with E-state index in [2.05, 4.69) is 31.9 Å². The minimum absolute atomic E-state index is 0.0809. The quantitative estimate of drug-likeness (QED) is 0.393. The lowest BCUT2D eigenvalue weighted by Crippen LogP contribution is -2.30. The molecule has 0 aliphatic rings. The van der Waals surface area contributed by atoms with E-state index in [-0.39, 0.29) is 26.7 Å². The number of hydrogen-bond donors (Lipinski definition) is 5. The lowest BCUT2D eigenvalue weighted by molar-refractivity contribution is 0.410. The predicted octanol–water partition coefficient (Wildman–Crippen LogP) is 1.28. The second-order valence-corrected chi connectivity index (χ2v) is 7.10. The van der Waals surface area contributed by atoms with Gasteiger partial charge in [-0.05, 0) is 56.1 Å². The van der Waals surface area contributed by atoms with Crippen molar-refractivity contribution in [3.63, 3.8) is 0 Å². The molecule has 0 saturated heterocycles. The molecule has 0 saturated carbocycles. The van der Waals surface area contributed by atoms with E-state index in [1.165, 1.54) is 25.3 Å². The van der Waals surface area contributed by atoms with Crippen LogP contribution in [0.25, 0.3) is 0 Å². The zero-order valence-electron chi connectivity index (χ0n) is 12.6. The second kappa shape index (κ2) is 10.0. The van der Waals surface area contributed by atoms with Gasteiger partial charge in [-0.3, -0.25) is 0 Å². The van der Waals surface area contributed by atoms with Gasteiger partial charge in [0.25, 0.3) is 0 Å². The van der Waals surface area contributed by atoms with Crippen LogP contribution in [0.1, 0.15) is 0 Å². The summed E-state index contributed by atoms with van der Waals surface area (Å²) < 4.78 is 6.05. The van der Waals surface area contributed by atoms with Crippen LogP contribution in [0.4, 0.5) is 0 Å². The molecule has 2 rings (SSSR count). The van der Waals surface area contributed by atoms with Crippen molar-refractivity contribution in [2.45, 2.75) is 0 Å². The predicted molar refractivity (Wildman–Crippen MR) is 106 cm³/mol. The minimum Gasteiger partial charge on any atom is -0.507 e. The van der Waals surface area contributed by atoms with E-state index in [1.807, 2.05) is 0 Å². The van der Waals surface area contributed by atoms with Crippen molar-refractivity contribution in [2.75, 3.05) is 7.11 Å². The van der Waals surface area contributed by atoms with Crippen molar-refractivity contribution in [3.8, 4) is 11.5 Å². The Balaban J connectivity index is 0.000000251. The maximum Gasteiger partial charge on any atom is 0.490 e. The van der Waals surface area contributed by atoms with Crippen molar-refractivity contribution in [1.82, 2.24) is 0 Å². The Labute approximate surface area is 171 Å². The third-order valence-electron chi connectivity index (χ3n) is 2.89. The van der Waals surface area contributed by atoms with Gasteiger partial charge in [0, 0.05) is 21.0 Å². The van der Waals surface area contributed by atoms with E-state index >= 15 is 0 Å². The zero-order chi connectivity index (χ0) is 19.3.